The molecule has 1 atom stereocenters. The molecule has 1 aliphatic rings. The van der Waals surface area contributed by atoms with Crippen molar-refractivity contribution in [2.24, 2.45) is 0 Å². The average Bonchev–Trinajstić information content (AvgIpc) is 2.43. The van der Waals surface area contributed by atoms with E-state index in [1.807, 2.05) is 10.7 Å². The van der Waals surface area contributed by atoms with Gasteiger partial charge in [0.05, 0.1) is 12.2 Å². The van der Waals surface area contributed by atoms with Crippen LogP contribution in [0.3, 0.4) is 0 Å². The van der Waals surface area contributed by atoms with Crippen LogP contribution in [0, 0.1) is 0 Å². The van der Waals surface area contributed by atoms with Crippen molar-refractivity contribution in [1.82, 2.24) is 9.78 Å². The van der Waals surface area contributed by atoms with E-state index in [4.69, 9.17) is 4.74 Å². The monoisotopic (exact) mass is 152 g/mol. The summed E-state index contributed by atoms with van der Waals surface area (Å²) in [4.78, 5) is 0. The van der Waals surface area contributed by atoms with Gasteiger partial charge in [-0.05, 0) is 13.3 Å². The second-order valence-electron chi connectivity index (χ2n) is 2.94. The summed E-state index contributed by atoms with van der Waals surface area (Å²) in [6, 6.07) is 2.02. The standard InChI is InChI=1S/C8H12N2O/c1-3-7-4-8-10(9-7)5-6(2)11-8/h4,6H,3,5H2,1-2H3. The number of aryl methyl sites for hydroxylation is 1. The fourth-order valence-electron chi connectivity index (χ4n) is 1.34. The highest BCUT2D eigenvalue weighted by Gasteiger charge is 2.19. The molecule has 3 heteroatoms. The van der Waals surface area contributed by atoms with Crippen molar-refractivity contribution in [3.63, 3.8) is 0 Å². The number of nitrogens with zero attached hydrogens (tertiary/aromatic N) is 2. The van der Waals surface area contributed by atoms with Gasteiger partial charge < -0.3 is 4.74 Å². The van der Waals surface area contributed by atoms with Crippen LogP contribution in [-0.2, 0) is 13.0 Å². The van der Waals surface area contributed by atoms with Crippen LogP contribution < -0.4 is 4.74 Å². The first-order valence-electron chi connectivity index (χ1n) is 4.03. The molecule has 0 aliphatic carbocycles. The third-order valence-corrected chi connectivity index (χ3v) is 1.91. The highest BCUT2D eigenvalue weighted by molar-refractivity contribution is 5.18. The van der Waals surface area contributed by atoms with Crippen LogP contribution in [0.2, 0.25) is 0 Å². The predicted octanol–water partition coefficient (Wildman–Crippen LogP) is 1.23. The largest absolute Gasteiger partial charge is 0.473 e. The first-order valence-corrected chi connectivity index (χ1v) is 4.03. The normalized spacial score (nSPS) is 21.5. The van der Waals surface area contributed by atoms with Crippen LogP contribution >= 0.6 is 0 Å². The van der Waals surface area contributed by atoms with Gasteiger partial charge in [-0.15, -0.1) is 0 Å². The smallest absolute Gasteiger partial charge is 0.212 e. The lowest BCUT2D eigenvalue weighted by Crippen LogP contribution is -2.09. The van der Waals surface area contributed by atoms with Gasteiger partial charge in [0.25, 0.3) is 0 Å². The Bertz CT molecular complexity index is 244. The number of ether oxygens (including phenoxy) is 1. The third kappa shape index (κ3) is 1.00. The molecule has 0 bridgehead atoms. The molecule has 0 radical (unpaired) electrons. The van der Waals surface area contributed by atoms with Crippen LogP contribution in [0.25, 0.3) is 0 Å². The molecule has 11 heavy (non-hydrogen) atoms. The van der Waals surface area contributed by atoms with E-state index in [-0.39, 0.29) is 0 Å². The van der Waals surface area contributed by atoms with Crippen molar-refractivity contribution in [2.45, 2.75) is 32.9 Å². The number of hydrogen-bond donors (Lipinski definition) is 0. The van der Waals surface area contributed by atoms with E-state index >= 15 is 0 Å². The van der Waals surface area contributed by atoms with Crippen LogP contribution in [0.5, 0.6) is 5.88 Å². The van der Waals surface area contributed by atoms with Crippen molar-refractivity contribution in [3.8, 4) is 5.88 Å². The zero-order chi connectivity index (χ0) is 7.84. The molecular formula is C8H12N2O. The molecule has 1 unspecified atom stereocenters. The molecule has 60 valence electrons. The topological polar surface area (TPSA) is 27.1 Å². The van der Waals surface area contributed by atoms with Gasteiger partial charge in [-0.3, -0.25) is 0 Å². The lowest BCUT2D eigenvalue weighted by atomic mass is 10.3. The van der Waals surface area contributed by atoms with Crippen molar-refractivity contribution in [2.75, 3.05) is 0 Å². The summed E-state index contributed by atoms with van der Waals surface area (Å²) in [5.41, 5.74) is 1.12. The molecule has 0 N–H and O–H groups in total. The maximum atomic E-state index is 5.49. The van der Waals surface area contributed by atoms with Crippen LogP contribution in [0.15, 0.2) is 6.07 Å². The summed E-state index contributed by atoms with van der Waals surface area (Å²) < 4.78 is 7.42. The van der Waals surface area contributed by atoms with E-state index in [9.17, 15) is 0 Å². The second-order valence-corrected chi connectivity index (χ2v) is 2.94. The quantitative estimate of drug-likeness (QED) is 0.605. The van der Waals surface area contributed by atoms with Crippen molar-refractivity contribution < 1.29 is 4.74 Å². The molecule has 2 rings (SSSR count). The summed E-state index contributed by atoms with van der Waals surface area (Å²) >= 11 is 0. The Kier molecular flexibility index (Phi) is 1.37. The average molecular weight is 152 g/mol. The Morgan fingerprint density at radius 3 is 3.27 bits per heavy atom. The summed E-state index contributed by atoms with van der Waals surface area (Å²) in [6.07, 6.45) is 1.28. The number of rotatable bonds is 1. The first-order chi connectivity index (χ1) is 5.29. The fourth-order valence-corrected chi connectivity index (χ4v) is 1.34. The second kappa shape index (κ2) is 2.26. The molecule has 0 aromatic carbocycles. The highest BCUT2D eigenvalue weighted by Crippen LogP contribution is 2.22. The lowest BCUT2D eigenvalue weighted by molar-refractivity contribution is 0.253. The van der Waals surface area contributed by atoms with Gasteiger partial charge in [0.1, 0.15) is 6.10 Å². The number of fused-ring (bicyclic) bond motifs is 1. The molecule has 1 aromatic rings. The summed E-state index contributed by atoms with van der Waals surface area (Å²) in [6.45, 7) is 5.05. The molecule has 0 spiro atoms. The first kappa shape index (κ1) is 6.70. The van der Waals surface area contributed by atoms with Crippen molar-refractivity contribution in [1.29, 1.82) is 0 Å². The van der Waals surface area contributed by atoms with Gasteiger partial charge in [-0.2, -0.15) is 5.10 Å². The Morgan fingerprint density at radius 1 is 1.82 bits per heavy atom. The number of aromatic nitrogens is 2. The van der Waals surface area contributed by atoms with E-state index in [1.165, 1.54) is 0 Å². The summed E-state index contributed by atoms with van der Waals surface area (Å²) in [5.74, 6) is 0.925. The molecule has 1 aromatic heterocycles. The molecule has 1 aliphatic heterocycles. The predicted molar refractivity (Wildman–Crippen MR) is 41.7 cm³/mol. The Hall–Kier alpha value is -0.990. The maximum Gasteiger partial charge on any atom is 0.212 e. The minimum atomic E-state index is 0.295. The van der Waals surface area contributed by atoms with Gasteiger partial charge in [0, 0.05) is 6.07 Å². The number of hydrogen-bond acceptors (Lipinski definition) is 2. The molecule has 3 nitrogen and oxygen atoms in total. The SMILES string of the molecule is CCc1cc2n(n1)CC(C)O2. The van der Waals surface area contributed by atoms with Crippen molar-refractivity contribution in [3.05, 3.63) is 11.8 Å². The van der Waals surface area contributed by atoms with E-state index in [1.54, 1.807) is 0 Å². The molecule has 2 heterocycles. The molecule has 0 amide bonds. The van der Waals surface area contributed by atoms with Crippen LogP contribution in [0.1, 0.15) is 19.5 Å². The van der Waals surface area contributed by atoms with E-state index < -0.39 is 0 Å². The Balaban J connectivity index is 2.29. The maximum absolute atomic E-state index is 5.49. The van der Waals surface area contributed by atoms with Gasteiger partial charge in [-0.25, -0.2) is 4.68 Å². The van der Waals surface area contributed by atoms with Gasteiger partial charge in [-0.1, -0.05) is 6.92 Å². The van der Waals surface area contributed by atoms with E-state index in [0.717, 1.165) is 24.5 Å². The zero-order valence-electron chi connectivity index (χ0n) is 6.87. The van der Waals surface area contributed by atoms with Gasteiger partial charge in [0.15, 0.2) is 0 Å². The minimum absolute atomic E-state index is 0.295. The molecular weight excluding hydrogens is 140 g/mol. The summed E-state index contributed by atoms with van der Waals surface area (Å²) in [5, 5.41) is 4.35. The van der Waals surface area contributed by atoms with E-state index in [0.29, 0.717) is 6.10 Å². The molecule has 0 fully saturated rings. The van der Waals surface area contributed by atoms with Crippen LogP contribution in [-0.4, -0.2) is 15.9 Å². The van der Waals surface area contributed by atoms with Gasteiger partial charge >= 0.3 is 0 Å². The minimum Gasteiger partial charge on any atom is -0.473 e. The fraction of sp³-hybridized carbons (Fsp3) is 0.625. The molecule has 0 saturated heterocycles. The Labute approximate surface area is 66.0 Å². The highest BCUT2D eigenvalue weighted by atomic mass is 16.5. The van der Waals surface area contributed by atoms with Crippen LogP contribution in [0.4, 0.5) is 0 Å². The Morgan fingerprint density at radius 2 is 2.64 bits per heavy atom. The molecule has 0 saturated carbocycles. The zero-order valence-corrected chi connectivity index (χ0v) is 6.87. The van der Waals surface area contributed by atoms with E-state index in [2.05, 4.69) is 18.9 Å². The van der Waals surface area contributed by atoms with Gasteiger partial charge in [0.2, 0.25) is 5.88 Å². The van der Waals surface area contributed by atoms with Crippen molar-refractivity contribution >= 4 is 0 Å². The third-order valence-electron chi connectivity index (χ3n) is 1.91. The summed E-state index contributed by atoms with van der Waals surface area (Å²) in [7, 11) is 0. The lowest BCUT2D eigenvalue weighted by Gasteiger charge is -1.98.